The zero-order chi connectivity index (χ0) is 14.7. The molecular formula is C16H23ClN4S. The number of aryl methyl sites for hydroxylation is 1. The Kier molecular flexibility index (Phi) is 6.03. The Labute approximate surface area is 141 Å². The first-order valence-electron chi connectivity index (χ1n) is 7.65. The molecule has 1 aliphatic rings. The Morgan fingerprint density at radius 2 is 2.09 bits per heavy atom. The molecule has 120 valence electrons. The van der Waals surface area contributed by atoms with E-state index in [1.54, 1.807) is 11.3 Å². The Balaban J connectivity index is 0.00000176. The average molecular weight is 339 g/mol. The summed E-state index contributed by atoms with van der Waals surface area (Å²) in [6.45, 7) is 6.51. The van der Waals surface area contributed by atoms with Crippen molar-refractivity contribution in [3.63, 3.8) is 0 Å². The quantitative estimate of drug-likeness (QED) is 0.771. The maximum Gasteiger partial charge on any atom is 0.225 e. The zero-order valence-electron chi connectivity index (χ0n) is 12.9. The van der Waals surface area contributed by atoms with Crippen molar-refractivity contribution >= 4 is 45.7 Å². The molecule has 1 aliphatic carbocycles. The van der Waals surface area contributed by atoms with E-state index in [0.717, 1.165) is 11.3 Å². The average Bonchev–Trinajstić information content (AvgIpc) is 2.88. The van der Waals surface area contributed by atoms with E-state index in [1.165, 1.54) is 42.4 Å². The molecule has 0 spiro atoms. The summed E-state index contributed by atoms with van der Waals surface area (Å²) in [5, 5.41) is 9.01. The van der Waals surface area contributed by atoms with E-state index in [1.807, 2.05) is 6.08 Å². The summed E-state index contributed by atoms with van der Waals surface area (Å²) in [4.78, 5) is 9.30. The molecule has 1 fully saturated rings. The molecule has 0 aromatic carbocycles. The number of anilines is 2. The first kappa shape index (κ1) is 17.0. The van der Waals surface area contributed by atoms with Crippen LogP contribution in [0.3, 0.4) is 0 Å². The van der Waals surface area contributed by atoms with Gasteiger partial charge in [0.15, 0.2) is 0 Å². The molecule has 0 radical (unpaired) electrons. The lowest BCUT2D eigenvalue weighted by atomic mass is 9.95. The summed E-state index contributed by atoms with van der Waals surface area (Å²) in [7, 11) is 0. The van der Waals surface area contributed by atoms with Crippen molar-refractivity contribution in [1.82, 2.24) is 9.97 Å². The van der Waals surface area contributed by atoms with Crippen LogP contribution in [0.25, 0.3) is 10.2 Å². The molecule has 2 N–H and O–H groups in total. The molecule has 0 amide bonds. The highest BCUT2D eigenvalue weighted by Crippen LogP contribution is 2.32. The van der Waals surface area contributed by atoms with Crippen molar-refractivity contribution in [2.24, 2.45) is 0 Å². The molecule has 2 heterocycles. The molecule has 0 unspecified atom stereocenters. The number of rotatable bonds is 5. The number of hydrogen-bond acceptors (Lipinski definition) is 5. The third-order valence-corrected chi connectivity index (χ3v) is 5.04. The number of nitrogens with zero attached hydrogens (tertiary/aromatic N) is 2. The molecule has 4 nitrogen and oxygen atoms in total. The molecule has 1 saturated carbocycles. The fourth-order valence-corrected chi connectivity index (χ4v) is 3.75. The van der Waals surface area contributed by atoms with Crippen LogP contribution in [-0.2, 0) is 0 Å². The van der Waals surface area contributed by atoms with Crippen molar-refractivity contribution in [2.45, 2.75) is 45.1 Å². The van der Waals surface area contributed by atoms with Gasteiger partial charge >= 0.3 is 0 Å². The van der Waals surface area contributed by atoms with Gasteiger partial charge in [-0.1, -0.05) is 25.3 Å². The smallest absolute Gasteiger partial charge is 0.225 e. The van der Waals surface area contributed by atoms with Gasteiger partial charge in [0.05, 0.1) is 10.2 Å². The molecule has 3 rings (SSSR count). The molecule has 0 bridgehead atoms. The minimum absolute atomic E-state index is 0. The van der Waals surface area contributed by atoms with Gasteiger partial charge in [0, 0.05) is 12.6 Å². The third kappa shape index (κ3) is 3.70. The van der Waals surface area contributed by atoms with E-state index < -0.39 is 0 Å². The van der Waals surface area contributed by atoms with Crippen LogP contribution in [0.1, 0.15) is 37.7 Å². The summed E-state index contributed by atoms with van der Waals surface area (Å²) < 4.78 is 1.17. The van der Waals surface area contributed by atoms with Gasteiger partial charge in [-0.3, -0.25) is 0 Å². The van der Waals surface area contributed by atoms with Gasteiger partial charge in [0.1, 0.15) is 5.82 Å². The summed E-state index contributed by atoms with van der Waals surface area (Å²) in [5.41, 5.74) is 2.27. The van der Waals surface area contributed by atoms with Crippen LogP contribution in [0, 0.1) is 6.92 Å². The lowest BCUT2D eigenvalue weighted by Crippen LogP contribution is -2.23. The third-order valence-electron chi connectivity index (χ3n) is 3.94. The van der Waals surface area contributed by atoms with Crippen molar-refractivity contribution in [2.75, 3.05) is 17.2 Å². The highest BCUT2D eigenvalue weighted by atomic mass is 35.5. The van der Waals surface area contributed by atoms with Gasteiger partial charge in [-0.05, 0) is 30.7 Å². The topological polar surface area (TPSA) is 49.8 Å². The van der Waals surface area contributed by atoms with Crippen LogP contribution >= 0.6 is 23.7 Å². The number of halogens is 1. The number of fused-ring (bicyclic) bond motifs is 1. The molecule has 6 heteroatoms. The standard InChI is InChI=1S/C16H22N4S.ClH/c1-3-9-17-16-19-13-11(2)10-21-14(13)15(20-16)18-12-7-5-4-6-8-12;/h3,10,12H,1,4-9H2,2H3,(H2,17,18,19,20);1H. The molecular weight excluding hydrogens is 316 g/mol. The summed E-state index contributed by atoms with van der Waals surface area (Å²) in [6.07, 6.45) is 8.30. The molecule has 0 atom stereocenters. The molecule has 0 aliphatic heterocycles. The van der Waals surface area contributed by atoms with E-state index in [9.17, 15) is 0 Å². The highest BCUT2D eigenvalue weighted by Gasteiger charge is 2.17. The van der Waals surface area contributed by atoms with Crippen LogP contribution in [-0.4, -0.2) is 22.6 Å². The van der Waals surface area contributed by atoms with Crippen LogP contribution in [0.2, 0.25) is 0 Å². The predicted octanol–water partition coefficient (Wildman–Crippen LogP) is 4.76. The van der Waals surface area contributed by atoms with Gasteiger partial charge in [0.2, 0.25) is 5.95 Å². The van der Waals surface area contributed by atoms with Crippen molar-refractivity contribution in [1.29, 1.82) is 0 Å². The van der Waals surface area contributed by atoms with Gasteiger partial charge in [-0.15, -0.1) is 30.3 Å². The first-order chi connectivity index (χ1) is 10.3. The fraction of sp³-hybridized carbons (Fsp3) is 0.500. The van der Waals surface area contributed by atoms with Crippen LogP contribution < -0.4 is 10.6 Å². The van der Waals surface area contributed by atoms with Gasteiger partial charge in [-0.25, -0.2) is 4.98 Å². The van der Waals surface area contributed by atoms with Gasteiger partial charge < -0.3 is 10.6 Å². The molecule has 2 aromatic heterocycles. The second kappa shape index (κ2) is 7.79. The maximum absolute atomic E-state index is 4.68. The normalized spacial score (nSPS) is 15.3. The minimum Gasteiger partial charge on any atom is -0.366 e. The first-order valence-corrected chi connectivity index (χ1v) is 8.53. The second-order valence-electron chi connectivity index (χ2n) is 5.64. The fourth-order valence-electron chi connectivity index (χ4n) is 2.81. The van der Waals surface area contributed by atoms with Gasteiger partial charge in [0.25, 0.3) is 0 Å². The Morgan fingerprint density at radius 1 is 1.32 bits per heavy atom. The van der Waals surface area contributed by atoms with E-state index in [2.05, 4.69) is 39.5 Å². The van der Waals surface area contributed by atoms with Crippen molar-refractivity contribution in [3.05, 3.63) is 23.6 Å². The monoisotopic (exact) mass is 338 g/mol. The van der Waals surface area contributed by atoms with E-state index in [4.69, 9.17) is 0 Å². The van der Waals surface area contributed by atoms with Crippen molar-refractivity contribution in [3.8, 4) is 0 Å². The molecule has 2 aromatic rings. The number of aromatic nitrogens is 2. The van der Waals surface area contributed by atoms with Gasteiger partial charge in [-0.2, -0.15) is 4.98 Å². The summed E-state index contributed by atoms with van der Waals surface area (Å²) >= 11 is 1.73. The predicted molar refractivity (Wildman–Crippen MR) is 98.6 cm³/mol. The maximum atomic E-state index is 4.68. The van der Waals surface area contributed by atoms with E-state index >= 15 is 0 Å². The largest absolute Gasteiger partial charge is 0.366 e. The minimum atomic E-state index is 0. The van der Waals surface area contributed by atoms with Crippen LogP contribution in [0.4, 0.5) is 11.8 Å². The lowest BCUT2D eigenvalue weighted by molar-refractivity contribution is 0.462. The Hall–Kier alpha value is -1.33. The summed E-state index contributed by atoms with van der Waals surface area (Å²) in [5.74, 6) is 1.67. The van der Waals surface area contributed by atoms with E-state index in [0.29, 0.717) is 18.5 Å². The second-order valence-corrected chi connectivity index (χ2v) is 6.52. The molecule has 22 heavy (non-hydrogen) atoms. The van der Waals surface area contributed by atoms with E-state index in [-0.39, 0.29) is 12.4 Å². The lowest BCUT2D eigenvalue weighted by Gasteiger charge is -2.23. The highest BCUT2D eigenvalue weighted by molar-refractivity contribution is 7.18. The van der Waals surface area contributed by atoms with Crippen molar-refractivity contribution < 1.29 is 0 Å². The summed E-state index contributed by atoms with van der Waals surface area (Å²) in [6, 6.07) is 0.548. The number of nitrogens with one attached hydrogen (secondary N) is 2. The Morgan fingerprint density at radius 3 is 2.82 bits per heavy atom. The molecule has 0 saturated heterocycles. The Bertz CT molecular complexity index is 634. The number of hydrogen-bond donors (Lipinski definition) is 2. The number of thiophene rings is 1. The SMILES string of the molecule is C=CCNc1nc(NC2CCCCC2)c2scc(C)c2n1.Cl. The van der Waals surface area contributed by atoms with Crippen LogP contribution in [0.5, 0.6) is 0 Å². The zero-order valence-corrected chi connectivity index (χ0v) is 14.5. The van der Waals surface area contributed by atoms with Crippen LogP contribution in [0.15, 0.2) is 18.0 Å².